The largest absolute Gasteiger partial charge is 0.358 e. The summed E-state index contributed by atoms with van der Waals surface area (Å²) in [6.07, 6.45) is 3.89. The topological polar surface area (TPSA) is 70.2 Å². The monoisotopic (exact) mass is 317 g/mol. The van der Waals surface area contributed by atoms with Gasteiger partial charge in [0.2, 0.25) is 5.91 Å². The average molecular weight is 317 g/mol. The first-order chi connectivity index (χ1) is 10.8. The molecule has 22 heavy (non-hydrogen) atoms. The molecule has 2 aromatic rings. The van der Waals surface area contributed by atoms with E-state index in [2.05, 4.69) is 30.9 Å². The normalized spacial score (nSPS) is 18.3. The van der Waals surface area contributed by atoms with Crippen molar-refractivity contribution >= 4 is 28.2 Å². The van der Waals surface area contributed by atoms with E-state index in [1.807, 2.05) is 18.2 Å². The first-order valence-corrected chi connectivity index (χ1v) is 8.22. The predicted molar refractivity (Wildman–Crippen MR) is 87.2 cm³/mol. The predicted octanol–water partition coefficient (Wildman–Crippen LogP) is 2.16. The van der Waals surface area contributed by atoms with E-state index < -0.39 is 0 Å². The Morgan fingerprint density at radius 1 is 1.50 bits per heavy atom. The fourth-order valence-electron chi connectivity index (χ4n) is 2.66. The number of carbonyl (C=O) groups is 1. The Hall–Kier alpha value is -1.99. The molecule has 1 saturated heterocycles. The Bertz CT molecular complexity index is 630. The highest BCUT2D eigenvalue weighted by atomic mass is 32.1. The van der Waals surface area contributed by atoms with Crippen LogP contribution in [0.1, 0.15) is 24.6 Å². The average Bonchev–Trinajstić information content (AvgIpc) is 3.17. The third kappa shape index (κ3) is 3.42. The van der Waals surface area contributed by atoms with Gasteiger partial charge in [0.05, 0.1) is 18.3 Å². The van der Waals surface area contributed by atoms with Crippen LogP contribution >= 0.6 is 11.3 Å². The quantitative estimate of drug-likeness (QED) is 0.884. The zero-order valence-corrected chi connectivity index (χ0v) is 13.3. The number of rotatable bonds is 5. The van der Waals surface area contributed by atoms with Gasteiger partial charge in [-0.3, -0.25) is 9.69 Å². The molecule has 3 heterocycles. The number of anilines is 2. The number of aromatic nitrogens is 2. The van der Waals surface area contributed by atoms with Crippen LogP contribution in [0.25, 0.3) is 0 Å². The number of amides is 1. The van der Waals surface area contributed by atoms with Gasteiger partial charge in [-0.05, 0) is 31.5 Å². The summed E-state index contributed by atoms with van der Waals surface area (Å²) in [6, 6.07) is 5.96. The minimum Gasteiger partial charge on any atom is -0.358 e. The molecule has 1 fully saturated rings. The molecule has 0 aliphatic carbocycles. The minimum atomic E-state index is 0.0500. The molecular weight excluding hydrogens is 298 g/mol. The van der Waals surface area contributed by atoms with Gasteiger partial charge in [0, 0.05) is 18.6 Å². The molecule has 0 saturated carbocycles. The number of hydrogen-bond acceptors (Lipinski definition) is 6. The molecule has 1 atom stereocenters. The molecule has 0 aromatic carbocycles. The van der Waals surface area contributed by atoms with Crippen LogP contribution in [0.15, 0.2) is 29.8 Å². The summed E-state index contributed by atoms with van der Waals surface area (Å²) in [7, 11) is 1.67. The van der Waals surface area contributed by atoms with Crippen LogP contribution in [0, 0.1) is 0 Å². The first kappa shape index (κ1) is 14.9. The third-order valence-corrected chi connectivity index (χ3v) is 4.53. The lowest BCUT2D eigenvalue weighted by Crippen LogP contribution is -2.35. The maximum Gasteiger partial charge on any atom is 0.233 e. The summed E-state index contributed by atoms with van der Waals surface area (Å²) >= 11 is 1.57. The highest BCUT2D eigenvalue weighted by molar-refractivity contribution is 7.13. The van der Waals surface area contributed by atoms with E-state index in [0.29, 0.717) is 6.54 Å². The molecule has 2 aromatic heterocycles. The molecule has 2 N–H and O–H groups in total. The highest BCUT2D eigenvalue weighted by Crippen LogP contribution is 2.33. The smallest absolute Gasteiger partial charge is 0.233 e. The van der Waals surface area contributed by atoms with E-state index in [0.717, 1.165) is 36.0 Å². The minimum absolute atomic E-state index is 0.0500. The number of likely N-dealkylation sites (tertiary alicyclic amines) is 1. The summed E-state index contributed by atoms with van der Waals surface area (Å²) in [5.41, 5.74) is 1.03. The van der Waals surface area contributed by atoms with E-state index in [1.54, 1.807) is 24.6 Å². The van der Waals surface area contributed by atoms with Crippen molar-refractivity contribution in [3.8, 4) is 0 Å². The number of carbonyl (C=O) groups excluding carboxylic acids is 1. The lowest BCUT2D eigenvalue weighted by atomic mass is 10.2. The molecule has 0 bridgehead atoms. The SMILES string of the molecule is CNC(=O)CN1CCCC1c1csc(Nc2ccccn2)n1. The van der Waals surface area contributed by atoms with Crippen molar-refractivity contribution in [3.05, 3.63) is 35.5 Å². The van der Waals surface area contributed by atoms with Crippen molar-refractivity contribution < 1.29 is 4.79 Å². The molecular formula is C15H19N5OS. The fraction of sp³-hybridized carbons (Fsp3) is 0.400. The van der Waals surface area contributed by atoms with Gasteiger partial charge in [-0.2, -0.15) is 0 Å². The van der Waals surface area contributed by atoms with Crippen LogP contribution in [-0.2, 0) is 4.79 Å². The molecule has 116 valence electrons. The molecule has 1 amide bonds. The Morgan fingerprint density at radius 2 is 2.41 bits per heavy atom. The summed E-state index contributed by atoms with van der Waals surface area (Å²) in [5.74, 6) is 0.839. The van der Waals surface area contributed by atoms with Gasteiger partial charge >= 0.3 is 0 Å². The second-order valence-electron chi connectivity index (χ2n) is 5.22. The number of likely N-dealkylation sites (N-methyl/N-ethyl adjacent to an activating group) is 1. The molecule has 1 unspecified atom stereocenters. The van der Waals surface area contributed by atoms with E-state index >= 15 is 0 Å². The maximum absolute atomic E-state index is 11.6. The van der Waals surface area contributed by atoms with E-state index in [-0.39, 0.29) is 11.9 Å². The Labute approximate surface area is 133 Å². The molecule has 7 heteroatoms. The van der Waals surface area contributed by atoms with Crippen molar-refractivity contribution in [2.75, 3.05) is 25.5 Å². The van der Waals surface area contributed by atoms with E-state index in [4.69, 9.17) is 0 Å². The lowest BCUT2D eigenvalue weighted by molar-refractivity contribution is -0.122. The molecule has 0 radical (unpaired) electrons. The van der Waals surface area contributed by atoms with Gasteiger partial charge in [-0.25, -0.2) is 9.97 Å². The number of nitrogens with one attached hydrogen (secondary N) is 2. The highest BCUT2D eigenvalue weighted by Gasteiger charge is 2.29. The van der Waals surface area contributed by atoms with Gasteiger partial charge in [0.15, 0.2) is 5.13 Å². The standard InChI is InChI=1S/C15H19N5OS/c1-16-14(21)9-20-8-4-5-12(20)11-10-22-15(18-11)19-13-6-2-3-7-17-13/h2-3,6-7,10,12H,4-5,8-9H2,1H3,(H,16,21)(H,17,18,19). The number of hydrogen-bond donors (Lipinski definition) is 2. The van der Waals surface area contributed by atoms with Crippen molar-refractivity contribution in [1.29, 1.82) is 0 Å². The van der Waals surface area contributed by atoms with Crippen molar-refractivity contribution in [1.82, 2.24) is 20.2 Å². The van der Waals surface area contributed by atoms with E-state index in [9.17, 15) is 4.79 Å². The molecule has 6 nitrogen and oxygen atoms in total. The summed E-state index contributed by atoms with van der Waals surface area (Å²) in [6.45, 7) is 1.38. The van der Waals surface area contributed by atoms with Crippen LogP contribution in [-0.4, -0.2) is 40.9 Å². The number of nitrogens with zero attached hydrogens (tertiary/aromatic N) is 3. The first-order valence-electron chi connectivity index (χ1n) is 7.34. The fourth-order valence-corrected chi connectivity index (χ4v) is 3.42. The number of thiazole rings is 1. The van der Waals surface area contributed by atoms with Crippen LogP contribution in [0.5, 0.6) is 0 Å². The van der Waals surface area contributed by atoms with Gasteiger partial charge in [0.1, 0.15) is 5.82 Å². The Kier molecular flexibility index (Phi) is 4.65. The Morgan fingerprint density at radius 3 is 3.18 bits per heavy atom. The summed E-state index contributed by atoms with van der Waals surface area (Å²) in [5, 5.41) is 8.80. The number of pyridine rings is 1. The maximum atomic E-state index is 11.6. The van der Waals surface area contributed by atoms with Crippen molar-refractivity contribution in [2.24, 2.45) is 0 Å². The summed E-state index contributed by atoms with van der Waals surface area (Å²) in [4.78, 5) is 22.7. The van der Waals surface area contributed by atoms with Gasteiger partial charge in [0.25, 0.3) is 0 Å². The van der Waals surface area contributed by atoms with Crippen LogP contribution in [0.2, 0.25) is 0 Å². The zero-order valence-electron chi connectivity index (χ0n) is 12.5. The van der Waals surface area contributed by atoms with Gasteiger partial charge in [-0.15, -0.1) is 11.3 Å². The second-order valence-corrected chi connectivity index (χ2v) is 6.08. The van der Waals surface area contributed by atoms with Crippen molar-refractivity contribution in [2.45, 2.75) is 18.9 Å². The van der Waals surface area contributed by atoms with Gasteiger partial charge in [-0.1, -0.05) is 6.07 Å². The molecule has 1 aliphatic heterocycles. The Balaban J connectivity index is 1.68. The van der Waals surface area contributed by atoms with Crippen LogP contribution in [0.4, 0.5) is 10.9 Å². The molecule has 3 rings (SSSR count). The van der Waals surface area contributed by atoms with Crippen molar-refractivity contribution in [3.63, 3.8) is 0 Å². The third-order valence-electron chi connectivity index (χ3n) is 3.75. The molecule has 0 spiro atoms. The van der Waals surface area contributed by atoms with Crippen LogP contribution < -0.4 is 10.6 Å². The molecule has 1 aliphatic rings. The van der Waals surface area contributed by atoms with Gasteiger partial charge < -0.3 is 10.6 Å². The zero-order chi connectivity index (χ0) is 15.4. The summed E-state index contributed by atoms with van der Waals surface area (Å²) < 4.78 is 0. The lowest BCUT2D eigenvalue weighted by Gasteiger charge is -2.21. The second kappa shape index (κ2) is 6.85. The van der Waals surface area contributed by atoms with Crippen LogP contribution in [0.3, 0.4) is 0 Å². The van der Waals surface area contributed by atoms with E-state index in [1.165, 1.54) is 0 Å².